The third-order valence-electron chi connectivity index (χ3n) is 3.87. The molecule has 2 fully saturated rings. The van der Waals surface area contributed by atoms with Crippen molar-refractivity contribution in [3.63, 3.8) is 0 Å². The molecule has 17 heavy (non-hydrogen) atoms. The molecule has 6 heteroatoms. The van der Waals surface area contributed by atoms with Crippen LogP contribution in [0.2, 0.25) is 0 Å². The van der Waals surface area contributed by atoms with Crippen LogP contribution in [-0.2, 0) is 14.8 Å². The van der Waals surface area contributed by atoms with Crippen LogP contribution in [0.1, 0.15) is 38.5 Å². The van der Waals surface area contributed by atoms with Crippen molar-refractivity contribution in [2.45, 2.75) is 44.6 Å². The lowest BCUT2D eigenvalue weighted by atomic mass is 9.94. The lowest BCUT2D eigenvalue weighted by Gasteiger charge is -2.36. The molecule has 1 aliphatic heterocycles. The third kappa shape index (κ3) is 2.80. The Balaban J connectivity index is 2.06. The van der Waals surface area contributed by atoms with Crippen LogP contribution in [0, 0.1) is 5.92 Å². The smallest absolute Gasteiger partial charge is 0.304 e. The zero-order valence-corrected chi connectivity index (χ0v) is 10.7. The Bertz CT molecular complexity index is 392. The molecular formula is C11H19NO4S. The van der Waals surface area contributed by atoms with Gasteiger partial charge < -0.3 is 5.11 Å². The van der Waals surface area contributed by atoms with Gasteiger partial charge in [-0.05, 0) is 31.6 Å². The van der Waals surface area contributed by atoms with Gasteiger partial charge in [0.1, 0.15) is 0 Å². The van der Waals surface area contributed by atoms with E-state index in [4.69, 9.17) is 5.11 Å². The fraction of sp³-hybridized carbons (Fsp3) is 0.909. The van der Waals surface area contributed by atoms with Crippen LogP contribution >= 0.6 is 0 Å². The van der Waals surface area contributed by atoms with Crippen LogP contribution in [0.25, 0.3) is 0 Å². The summed E-state index contributed by atoms with van der Waals surface area (Å²) in [6, 6.07) is 0.141. The van der Waals surface area contributed by atoms with Gasteiger partial charge in [0.2, 0.25) is 10.0 Å². The number of piperidine rings is 1. The molecule has 2 rings (SSSR count). The summed E-state index contributed by atoms with van der Waals surface area (Å²) in [7, 11) is -3.38. The molecule has 0 aromatic carbocycles. The standard InChI is InChI=1S/C11H19NO4S/c13-11(14)6-8-17(15,16)12-7-2-4-9-3-1-5-10(9)12/h9-10H,1-8H2,(H,13,14). The van der Waals surface area contributed by atoms with Gasteiger partial charge in [-0.25, -0.2) is 8.42 Å². The van der Waals surface area contributed by atoms with Crippen molar-refractivity contribution in [3.05, 3.63) is 0 Å². The molecule has 2 unspecified atom stereocenters. The normalized spacial score (nSPS) is 30.1. The fourth-order valence-electron chi connectivity index (χ4n) is 3.09. The van der Waals surface area contributed by atoms with Gasteiger partial charge in [0.05, 0.1) is 12.2 Å². The number of carboxylic acid groups (broad SMARTS) is 1. The Kier molecular flexibility index (Phi) is 3.73. The van der Waals surface area contributed by atoms with Crippen LogP contribution in [0.3, 0.4) is 0 Å². The minimum atomic E-state index is -3.38. The molecule has 1 heterocycles. The summed E-state index contributed by atoms with van der Waals surface area (Å²) in [6.07, 6.45) is 4.90. The number of rotatable bonds is 4. The number of sulfonamides is 1. The first-order valence-electron chi connectivity index (χ1n) is 6.22. The fourth-order valence-corrected chi connectivity index (χ4v) is 4.85. The highest BCUT2D eigenvalue weighted by molar-refractivity contribution is 7.89. The van der Waals surface area contributed by atoms with Gasteiger partial charge in [0.25, 0.3) is 0 Å². The van der Waals surface area contributed by atoms with Crippen LogP contribution in [0.4, 0.5) is 0 Å². The maximum atomic E-state index is 12.1. The summed E-state index contributed by atoms with van der Waals surface area (Å²) >= 11 is 0. The number of hydrogen-bond acceptors (Lipinski definition) is 3. The van der Waals surface area contributed by atoms with E-state index in [9.17, 15) is 13.2 Å². The first-order chi connectivity index (χ1) is 8.00. The summed E-state index contributed by atoms with van der Waals surface area (Å²) in [4.78, 5) is 10.5. The van der Waals surface area contributed by atoms with E-state index in [1.165, 1.54) is 0 Å². The first-order valence-corrected chi connectivity index (χ1v) is 7.83. The van der Waals surface area contributed by atoms with E-state index in [1.54, 1.807) is 4.31 Å². The van der Waals surface area contributed by atoms with Crippen molar-refractivity contribution >= 4 is 16.0 Å². The molecule has 0 radical (unpaired) electrons. The molecular weight excluding hydrogens is 242 g/mol. The average molecular weight is 261 g/mol. The molecule has 0 bridgehead atoms. The molecule has 2 aliphatic rings. The van der Waals surface area contributed by atoms with E-state index < -0.39 is 16.0 Å². The minimum absolute atomic E-state index is 0.141. The molecule has 0 aromatic heterocycles. The topological polar surface area (TPSA) is 74.7 Å². The Hall–Kier alpha value is -0.620. The molecule has 0 aromatic rings. The van der Waals surface area contributed by atoms with Crippen LogP contribution < -0.4 is 0 Å². The number of aliphatic carboxylic acids is 1. The van der Waals surface area contributed by atoms with Crippen LogP contribution in [0.5, 0.6) is 0 Å². The number of nitrogens with zero attached hydrogens (tertiary/aromatic N) is 1. The monoisotopic (exact) mass is 261 g/mol. The van der Waals surface area contributed by atoms with E-state index in [0.717, 1.165) is 32.1 Å². The molecule has 0 amide bonds. The molecule has 1 saturated carbocycles. The SMILES string of the molecule is O=C(O)CCS(=O)(=O)N1CCCC2CCCC21. The average Bonchev–Trinajstić information content (AvgIpc) is 2.74. The molecule has 0 spiro atoms. The number of carbonyl (C=O) groups is 1. The second-order valence-corrected chi connectivity index (χ2v) is 7.01. The lowest BCUT2D eigenvalue weighted by molar-refractivity contribution is -0.136. The van der Waals surface area contributed by atoms with Gasteiger partial charge in [0, 0.05) is 12.6 Å². The number of hydrogen-bond donors (Lipinski definition) is 1. The van der Waals surface area contributed by atoms with E-state index in [1.807, 2.05) is 0 Å². The van der Waals surface area contributed by atoms with Gasteiger partial charge in [0.15, 0.2) is 0 Å². The Morgan fingerprint density at radius 2 is 1.94 bits per heavy atom. The lowest BCUT2D eigenvalue weighted by Crippen LogP contribution is -2.47. The zero-order chi connectivity index (χ0) is 12.5. The summed E-state index contributed by atoms with van der Waals surface area (Å²) < 4.78 is 25.8. The van der Waals surface area contributed by atoms with Crippen LogP contribution in [0.15, 0.2) is 0 Å². The van der Waals surface area contributed by atoms with Crippen molar-refractivity contribution in [2.75, 3.05) is 12.3 Å². The van der Waals surface area contributed by atoms with Gasteiger partial charge in [-0.3, -0.25) is 4.79 Å². The molecule has 98 valence electrons. The second-order valence-electron chi connectivity index (χ2n) is 4.97. The summed E-state index contributed by atoms with van der Waals surface area (Å²) in [5, 5.41) is 8.58. The largest absolute Gasteiger partial charge is 0.481 e. The molecule has 1 saturated heterocycles. The van der Waals surface area contributed by atoms with E-state index >= 15 is 0 Å². The highest BCUT2D eigenvalue weighted by atomic mass is 32.2. The minimum Gasteiger partial charge on any atom is -0.481 e. The predicted octanol–water partition coefficient (Wildman–Crippen LogP) is 1.06. The zero-order valence-electron chi connectivity index (χ0n) is 9.84. The van der Waals surface area contributed by atoms with E-state index in [2.05, 4.69) is 0 Å². The maximum Gasteiger partial charge on any atom is 0.304 e. The Morgan fingerprint density at radius 3 is 2.65 bits per heavy atom. The molecule has 5 nitrogen and oxygen atoms in total. The summed E-state index contributed by atoms with van der Waals surface area (Å²) in [5.74, 6) is -0.803. The molecule has 1 aliphatic carbocycles. The van der Waals surface area contributed by atoms with Gasteiger partial charge in [-0.2, -0.15) is 4.31 Å². The van der Waals surface area contributed by atoms with Gasteiger partial charge in [-0.1, -0.05) is 6.42 Å². The highest BCUT2D eigenvalue weighted by Gasteiger charge is 2.40. The Morgan fingerprint density at radius 1 is 1.24 bits per heavy atom. The summed E-state index contributed by atoms with van der Waals surface area (Å²) in [6.45, 7) is 0.573. The maximum absolute atomic E-state index is 12.1. The Labute approximate surface area is 102 Å². The second kappa shape index (κ2) is 4.94. The van der Waals surface area contributed by atoms with Crippen LogP contribution in [-0.4, -0.2) is 42.1 Å². The molecule has 2 atom stereocenters. The first kappa shape index (κ1) is 12.8. The van der Waals surface area contributed by atoms with Crippen molar-refractivity contribution in [1.29, 1.82) is 0 Å². The molecule has 1 N–H and O–H groups in total. The quantitative estimate of drug-likeness (QED) is 0.821. The highest BCUT2D eigenvalue weighted by Crippen LogP contribution is 2.38. The van der Waals surface area contributed by atoms with Gasteiger partial charge in [-0.15, -0.1) is 0 Å². The van der Waals surface area contributed by atoms with Crippen molar-refractivity contribution in [2.24, 2.45) is 5.92 Å². The van der Waals surface area contributed by atoms with Gasteiger partial charge >= 0.3 is 5.97 Å². The van der Waals surface area contributed by atoms with Crippen molar-refractivity contribution in [3.8, 4) is 0 Å². The van der Waals surface area contributed by atoms with Crippen molar-refractivity contribution in [1.82, 2.24) is 4.31 Å². The summed E-state index contributed by atoms with van der Waals surface area (Å²) in [5.41, 5.74) is 0. The number of carboxylic acids is 1. The van der Waals surface area contributed by atoms with E-state index in [0.29, 0.717) is 12.5 Å². The number of fused-ring (bicyclic) bond motifs is 1. The third-order valence-corrected chi connectivity index (χ3v) is 5.76. The van der Waals surface area contributed by atoms with E-state index in [-0.39, 0.29) is 18.2 Å². The van der Waals surface area contributed by atoms with Crippen molar-refractivity contribution < 1.29 is 18.3 Å². The predicted molar refractivity (Wildman–Crippen MR) is 63.1 cm³/mol.